The van der Waals surface area contributed by atoms with Crippen LogP contribution < -0.4 is 5.32 Å². The lowest BCUT2D eigenvalue weighted by atomic mass is 9.94. The van der Waals surface area contributed by atoms with E-state index in [0.29, 0.717) is 5.69 Å². The average Bonchev–Trinajstić information content (AvgIpc) is 2.97. The minimum atomic E-state index is -0.0373. The zero-order valence-corrected chi connectivity index (χ0v) is 12.1. The molecular formula is C13H13BrN2OS. The van der Waals surface area contributed by atoms with Crippen LogP contribution in [-0.2, 0) is 6.42 Å². The number of aryl methyl sites for hydroxylation is 1. The van der Waals surface area contributed by atoms with Crippen LogP contribution in [0.4, 0.5) is 0 Å². The Kier molecular flexibility index (Phi) is 3.26. The highest BCUT2D eigenvalue weighted by atomic mass is 79.9. The molecule has 0 aliphatic heterocycles. The zero-order chi connectivity index (χ0) is 12.5. The van der Waals surface area contributed by atoms with Crippen molar-refractivity contribution in [2.75, 3.05) is 0 Å². The summed E-state index contributed by atoms with van der Waals surface area (Å²) in [5, 5.41) is 5.22. The number of rotatable bonds is 2. The van der Waals surface area contributed by atoms with Crippen molar-refractivity contribution < 1.29 is 4.79 Å². The number of hydrogen-bond donors (Lipinski definition) is 2. The summed E-state index contributed by atoms with van der Waals surface area (Å²) < 4.78 is 0.896. The van der Waals surface area contributed by atoms with Crippen LogP contribution in [0.5, 0.6) is 0 Å². The maximum Gasteiger partial charge on any atom is 0.268 e. The Hall–Kier alpha value is -1.07. The van der Waals surface area contributed by atoms with Gasteiger partial charge in [-0.1, -0.05) is 0 Å². The van der Waals surface area contributed by atoms with E-state index in [4.69, 9.17) is 0 Å². The molecule has 94 valence electrons. The first-order valence-electron chi connectivity index (χ1n) is 5.95. The van der Waals surface area contributed by atoms with Crippen molar-refractivity contribution in [3.8, 4) is 0 Å². The van der Waals surface area contributed by atoms with E-state index in [1.54, 1.807) is 23.6 Å². The van der Waals surface area contributed by atoms with Gasteiger partial charge in [0, 0.05) is 15.5 Å². The highest BCUT2D eigenvalue weighted by molar-refractivity contribution is 9.10. The van der Waals surface area contributed by atoms with Crippen LogP contribution in [0.1, 0.15) is 39.8 Å². The molecule has 18 heavy (non-hydrogen) atoms. The quantitative estimate of drug-likeness (QED) is 0.870. The normalized spacial score (nSPS) is 18.4. The van der Waals surface area contributed by atoms with Gasteiger partial charge in [0.15, 0.2) is 0 Å². The number of aromatic nitrogens is 1. The number of carbonyl (C=O) groups is 1. The number of H-pyrrole nitrogens is 1. The molecule has 0 aromatic carbocycles. The van der Waals surface area contributed by atoms with Gasteiger partial charge in [-0.3, -0.25) is 4.79 Å². The maximum atomic E-state index is 12.1. The summed E-state index contributed by atoms with van der Waals surface area (Å²) in [7, 11) is 0. The van der Waals surface area contributed by atoms with Gasteiger partial charge in [-0.15, -0.1) is 11.3 Å². The van der Waals surface area contributed by atoms with Crippen LogP contribution in [-0.4, -0.2) is 10.9 Å². The second-order valence-electron chi connectivity index (χ2n) is 4.45. The maximum absolute atomic E-state index is 12.1. The lowest BCUT2D eigenvalue weighted by Gasteiger charge is -2.23. The Bertz CT molecular complexity index is 575. The second-order valence-corrected chi connectivity index (χ2v) is 6.37. The van der Waals surface area contributed by atoms with Crippen LogP contribution in [0.15, 0.2) is 28.2 Å². The Morgan fingerprint density at radius 2 is 2.44 bits per heavy atom. The lowest BCUT2D eigenvalue weighted by Crippen LogP contribution is -2.30. The largest absolute Gasteiger partial charge is 0.356 e. The molecule has 5 heteroatoms. The molecule has 2 aromatic rings. The first kappa shape index (κ1) is 12.0. The Labute approximate surface area is 118 Å². The van der Waals surface area contributed by atoms with Gasteiger partial charge in [0.1, 0.15) is 5.69 Å². The van der Waals surface area contributed by atoms with Gasteiger partial charge in [0.2, 0.25) is 0 Å². The summed E-state index contributed by atoms with van der Waals surface area (Å²) in [6, 6.07) is 4.09. The summed E-state index contributed by atoms with van der Waals surface area (Å²) in [5.41, 5.74) is 1.90. The fraction of sp³-hybridized carbons (Fsp3) is 0.308. The fourth-order valence-electron chi connectivity index (χ4n) is 2.37. The van der Waals surface area contributed by atoms with E-state index in [0.717, 1.165) is 23.7 Å². The summed E-state index contributed by atoms with van der Waals surface area (Å²) in [6.07, 6.45) is 5.09. The van der Waals surface area contributed by atoms with Gasteiger partial charge in [-0.2, -0.15) is 0 Å². The Morgan fingerprint density at radius 3 is 3.22 bits per heavy atom. The van der Waals surface area contributed by atoms with Gasteiger partial charge in [0.05, 0.1) is 6.04 Å². The minimum absolute atomic E-state index is 0.0373. The lowest BCUT2D eigenvalue weighted by molar-refractivity contribution is 0.0928. The van der Waals surface area contributed by atoms with Gasteiger partial charge >= 0.3 is 0 Å². The molecule has 1 atom stereocenters. The highest BCUT2D eigenvalue weighted by Gasteiger charge is 2.23. The molecule has 0 bridgehead atoms. The van der Waals surface area contributed by atoms with Crippen molar-refractivity contribution in [1.82, 2.24) is 10.3 Å². The van der Waals surface area contributed by atoms with Crippen LogP contribution >= 0.6 is 27.3 Å². The number of aromatic amines is 1. The van der Waals surface area contributed by atoms with Crippen molar-refractivity contribution >= 4 is 33.2 Å². The Morgan fingerprint density at radius 1 is 1.56 bits per heavy atom. The van der Waals surface area contributed by atoms with Crippen LogP contribution in [0.2, 0.25) is 0 Å². The van der Waals surface area contributed by atoms with E-state index in [9.17, 15) is 4.79 Å². The SMILES string of the molecule is O=C(NC1CCCc2sccc21)c1cc(Br)c[nH]1. The molecule has 2 aromatic heterocycles. The van der Waals surface area contributed by atoms with Crippen molar-refractivity contribution in [2.45, 2.75) is 25.3 Å². The predicted octanol–water partition coefficient (Wildman–Crippen LogP) is 3.65. The number of amides is 1. The number of fused-ring (bicyclic) bond motifs is 1. The van der Waals surface area contributed by atoms with Crippen molar-refractivity contribution in [3.63, 3.8) is 0 Å². The van der Waals surface area contributed by atoms with E-state index in [-0.39, 0.29) is 11.9 Å². The zero-order valence-electron chi connectivity index (χ0n) is 9.70. The predicted molar refractivity (Wildman–Crippen MR) is 76.0 cm³/mol. The highest BCUT2D eigenvalue weighted by Crippen LogP contribution is 2.33. The second kappa shape index (κ2) is 4.90. The van der Waals surface area contributed by atoms with E-state index in [1.165, 1.54) is 10.4 Å². The van der Waals surface area contributed by atoms with Crippen LogP contribution in [0, 0.1) is 0 Å². The molecule has 1 unspecified atom stereocenters. The van der Waals surface area contributed by atoms with Crippen molar-refractivity contribution in [1.29, 1.82) is 0 Å². The number of carbonyl (C=O) groups excluding carboxylic acids is 1. The molecule has 0 fully saturated rings. The van der Waals surface area contributed by atoms with Gasteiger partial charge in [-0.25, -0.2) is 0 Å². The van der Waals surface area contributed by atoms with Crippen molar-refractivity contribution in [2.24, 2.45) is 0 Å². The summed E-state index contributed by atoms with van der Waals surface area (Å²) >= 11 is 5.13. The van der Waals surface area contributed by atoms with Gasteiger partial charge in [-0.05, 0) is 58.3 Å². The molecule has 2 heterocycles. The third kappa shape index (κ3) is 2.24. The van der Waals surface area contributed by atoms with Crippen LogP contribution in [0.3, 0.4) is 0 Å². The van der Waals surface area contributed by atoms with E-state index >= 15 is 0 Å². The summed E-state index contributed by atoms with van der Waals surface area (Å²) in [5.74, 6) is -0.0373. The standard InChI is InChI=1S/C13H13BrN2OS/c14-8-6-11(15-7-8)13(17)16-10-2-1-3-12-9(10)4-5-18-12/h4-7,10,15H,1-3H2,(H,16,17). The first-order chi connectivity index (χ1) is 8.74. The molecule has 3 rings (SSSR count). The van der Waals surface area contributed by atoms with Gasteiger partial charge in [0.25, 0.3) is 5.91 Å². The molecule has 1 aliphatic carbocycles. The van der Waals surface area contributed by atoms with Crippen molar-refractivity contribution in [3.05, 3.63) is 44.3 Å². The number of thiophene rings is 1. The average molecular weight is 325 g/mol. The summed E-state index contributed by atoms with van der Waals surface area (Å²) in [4.78, 5) is 16.5. The van der Waals surface area contributed by atoms with E-state index in [2.05, 4.69) is 37.7 Å². The smallest absolute Gasteiger partial charge is 0.268 e. The Balaban J connectivity index is 1.77. The molecule has 0 saturated carbocycles. The molecular weight excluding hydrogens is 312 g/mol. The molecule has 1 aliphatic rings. The molecule has 0 radical (unpaired) electrons. The number of halogens is 1. The fourth-order valence-corrected chi connectivity index (χ4v) is 3.70. The monoisotopic (exact) mass is 324 g/mol. The molecule has 0 saturated heterocycles. The summed E-state index contributed by atoms with van der Waals surface area (Å²) in [6.45, 7) is 0. The third-order valence-electron chi connectivity index (χ3n) is 3.25. The number of hydrogen-bond acceptors (Lipinski definition) is 2. The molecule has 3 nitrogen and oxygen atoms in total. The van der Waals surface area contributed by atoms with E-state index in [1.807, 2.05) is 0 Å². The molecule has 2 N–H and O–H groups in total. The molecule has 0 spiro atoms. The molecule has 1 amide bonds. The third-order valence-corrected chi connectivity index (χ3v) is 4.70. The van der Waals surface area contributed by atoms with E-state index < -0.39 is 0 Å². The van der Waals surface area contributed by atoms with Crippen LogP contribution in [0.25, 0.3) is 0 Å². The van der Waals surface area contributed by atoms with Gasteiger partial charge < -0.3 is 10.3 Å². The first-order valence-corrected chi connectivity index (χ1v) is 7.62. The number of nitrogens with one attached hydrogen (secondary N) is 2. The minimum Gasteiger partial charge on any atom is -0.356 e. The topological polar surface area (TPSA) is 44.9 Å².